The summed E-state index contributed by atoms with van der Waals surface area (Å²) in [7, 11) is 3.34. The summed E-state index contributed by atoms with van der Waals surface area (Å²) in [5.74, 6) is 2.51. The highest BCUT2D eigenvalue weighted by Gasteiger charge is 2.21. The van der Waals surface area contributed by atoms with Gasteiger partial charge >= 0.3 is 0 Å². The highest BCUT2D eigenvalue weighted by molar-refractivity contribution is 5.48. The van der Waals surface area contributed by atoms with Crippen LogP contribution in [0.1, 0.15) is 23.6 Å². The molecule has 1 aliphatic heterocycles. The molecule has 0 bridgehead atoms. The molecular formula is C18H22N2O3. The molecule has 122 valence electrons. The van der Waals surface area contributed by atoms with E-state index in [1.807, 2.05) is 12.1 Å². The largest absolute Gasteiger partial charge is 0.496 e. The van der Waals surface area contributed by atoms with E-state index in [1.165, 1.54) is 5.56 Å². The third kappa shape index (κ3) is 3.40. The number of ether oxygens (including phenoxy) is 3. The summed E-state index contributed by atoms with van der Waals surface area (Å²) >= 11 is 0. The molecule has 3 rings (SSSR count). The van der Waals surface area contributed by atoms with Crippen LogP contribution in [0.15, 0.2) is 30.5 Å². The minimum atomic E-state index is 0.234. The van der Waals surface area contributed by atoms with Crippen molar-refractivity contribution in [3.63, 3.8) is 0 Å². The minimum Gasteiger partial charge on any atom is -0.496 e. The molecule has 1 aromatic heterocycles. The second kappa shape index (κ2) is 6.87. The summed E-state index contributed by atoms with van der Waals surface area (Å²) in [6.07, 6.45) is 2.90. The van der Waals surface area contributed by atoms with Crippen molar-refractivity contribution in [3.8, 4) is 17.4 Å². The van der Waals surface area contributed by atoms with Gasteiger partial charge in [0.1, 0.15) is 17.6 Å². The van der Waals surface area contributed by atoms with Gasteiger partial charge in [0.2, 0.25) is 5.88 Å². The Hall–Kier alpha value is -2.27. The third-order valence-corrected chi connectivity index (χ3v) is 3.97. The zero-order valence-electron chi connectivity index (χ0n) is 13.8. The lowest BCUT2D eigenvalue weighted by molar-refractivity contribution is 0.254. The summed E-state index contributed by atoms with van der Waals surface area (Å²) in [4.78, 5) is 4.21. The Morgan fingerprint density at radius 1 is 1.22 bits per heavy atom. The second-order valence-corrected chi connectivity index (χ2v) is 5.68. The molecule has 2 aromatic rings. The number of aromatic nitrogens is 1. The van der Waals surface area contributed by atoms with Crippen LogP contribution in [0.2, 0.25) is 0 Å². The maximum atomic E-state index is 5.83. The van der Waals surface area contributed by atoms with E-state index in [1.54, 1.807) is 20.4 Å². The summed E-state index contributed by atoms with van der Waals surface area (Å²) in [5.41, 5.74) is 3.33. The predicted molar refractivity (Wildman–Crippen MR) is 88.1 cm³/mol. The van der Waals surface area contributed by atoms with E-state index in [0.29, 0.717) is 19.0 Å². The van der Waals surface area contributed by atoms with Crippen LogP contribution in [0.25, 0.3) is 0 Å². The normalized spacial score (nSPS) is 15.9. The van der Waals surface area contributed by atoms with Crippen molar-refractivity contribution in [1.29, 1.82) is 0 Å². The molecule has 0 fully saturated rings. The Morgan fingerprint density at radius 3 is 2.83 bits per heavy atom. The average Bonchev–Trinajstić information content (AvgIpc) is 2.93. The van der Waals surface area contributed by atoms with Crippen molar-refractivity contribution < 1.29 is 14.2 Å². The fraction of sp³-hybridized carbons (Fsp3) is 0.389. The molecule has 0 saturated carbocycles. The Morgan fingerprint density at radius 2 is 2.04 bits per heavy atom. The standard InChI is InChI=1S/C18H22N2O3/c1-12-7-14-8-16(21-2)15(9-17(14)23-12)11-19-10-13-5-4-6-20-18(13)22-3/h4-6,8-9,12,19H,7,10-11H2,1-3H3/t12-/m0/s1. The van der Waals surface area contributed by atoms with Crippen LogP contribution in [0, 0.1) is 0 Å². The van der Waals surface area contributed by atoms with Crippen LogP contribution in [-0.2, 0) is 19.5 Å². The van der Waals surface area contributed by atoms with Crippen LogP contribution >= 0.6 is 0 Å². The molecule has 1 aromatic carbocycles. The first kappa shape index (κ1) is 15.6. The first-order chi connectivity index (χ1) is 11.2. The number of nitrogens with one attached hydrogen (secondary N) is 1. The Bertz CT molecular complexity index is 688. The van der Waals surface area contributed by atoms with Crippen LogP contribution in [0.5, 0.6) is 17.4 Å². The first-order valence-electron chi connectivity index (χ1n) is 7.76. The summed E-state index contributed by atoms with van der Waals surface area (Å²) in [6, 6.07) is 8.07. The number of pyridine rings is 1. The number of methoxy groups -OCH3 is 2. The molecule has 2 heterocycles. The van der Waals surface area contributed by atoms with Crippen LogP contribution in [0.4, 0.5) is 0 Å². The van der Waals surface area contributed by atoms with Gasteiger partial charge in [-0.2, -0.15) is 0 Å². The van der Waals surface area contributed by atoms with E-state index < -0.39 is 0 Å². The van der Waals surface area contributed by atoms with Crippen LogP contribution in [-0.4, -0.2) is 25.3 Å². The average molecular weight is 314 g/mol. The first-order valence-corrected chi connectivity index (χ1v) is 7.76. The molecule has 0 unspecified atom stereocenters. The molecule has 0 radical (unpaired) electrons. The maximum Gasteiger partial charge on any atom is 0.217 e. The molecule has 0 saturated heterocycles. The zero-order chi connectivity index (χ0) is 16.2. The van der Waals surface area contributed by atoms with Gasteiger partial charge in [-0.15, -0.1) is 0 Å². The number of hydrogen-bond acceptors (Lipinski definition) is 5. The van der Waals surface area contributed by atoms with Gasteiger partial charge in [-0.3, -0.25) is 0 Å². The van der Waals surface area contributed by atoms with E-state index in [0.717, 1.165) is 29.0 Å². The van der Waals surface area contributed by atoms with E-state index in [-0.39, 0.29) is 6.10 Å². The van der Waals surface area contributed by atoms with Gasteiger partial charge in [-0.05, 0) is 25.1 Å². The van der Waals surface area contributed by atoms with E-state index in [2.05, 4.69) is 29.4 Å². The fourth-order valence-electron chi connectivity index (χ4n) is 2.88. The van der Waals surface area contributed by atoms with Gasteiger partial charge in [0.15, 0.2) is 0 Å². The molecule has 5 nitrogen and oxygen atoms in total. The monoisotopic (exact) mass is 314 g/mol. The summed E-state index contributed by atoms with van der Waals surface area (Å²) in [5, 5.41) is 3.41. The molecule has 23 heavy (non-hydrogen) atoms. The third-order valence-electron chi connectivity index (χ3n) is 3.97. The molecule has 1 N–H and O–H groups in total. The molecule has 1 atom stereocenters. The molecule has 1 aliphatic rings. The molecule has 5 heteroatoms. The highest BCUT2D eigenvalue weighted by Crippen LogP contribution is 2.34. The number of nitrogens with zero attached hydrogens (tertiary/aromatic N) is 1. The highest BCUT2D eigenvalue weighted by atomic mass is 16.5. The van der Waals surface area contributed by atoms with Crippen LogP contribution in [0.3, 0.4) is 0 Å². The lowest BCUT2D eigenvalue weighted by Crippen LogP contribution is -2.14. The SMILES string of the molecule is COc1cc2c(cc1CNCc1cccnc1OC)O[C@@H](C)C2. The van der Waals surface area contributed by atoms with Gasteiger partial charge in [0.25, 0.3) is 0 Å². The van der Waals surface area contributed by atoms with Crippen molar-refractivity contribution in [2.75, 3.05) is 14.2 Å². The summed E-state index contributed by atoms with van der Waals surface area (Å²) < 4.78 is 16.6. The fourth-order valence-corrected chi connectivity index (χ4v) is 2.88. The maximum absolute atomic E-state index is 5.83. The number of rotatable bonds is 6. The molecule has 0 amide bonds. The second-order valence-electron chi connectivity index (χ2n) is 5.68. The van der Waals surface area contributed by atoms with Crippen LogP contribution < -0.4 is 19.5 Å². The zero-order valence-corrected chi connectivity index (χ0v) is 13.8. The number of benzene rings is 1. The van der Waals surface area contributed by atoms with Gasteiger partial charge in [0, 0.05) is 42.4 Å². The quantitative estimate of drug-likeness (QED) is 0.888. The lowest BCUT2D eigenvalue weighted by atomic mass is 10.1. The smallest absolute Gasteiger partial charge is 0.217 e. The van der Waals surface area contributed by atoms with E-state index in [4.69, 9.17) is 14.2 Å². The Kier molecular flexibility index (Phi) is 4.67. The minimum absolute atomic E-state index is 0.234. The van der Waals surface area contributed by atoms with Crippen molar-refractivity contribution in [1.82, 2.24) is 10.3 Å². The van der Waals surface area contributed by atoms with Gasteiger partial charge in [-0.25, -0.2) is 4.98 Å². The van der Waals surface area contributed by atoms with Crippen molar-refractivity contribution in [3.05, 3.63) is 47.2 Å². The topological polar surface area (TPSA) is 52.6 Å². The summed E-state index contributed by atoms with van der Waals surface area (Å²) in [6.45, 7) is 3.44. The van der Waals surface area contributed by atoms with Gasteiger partial charge < -0.3 is 19.5 Å². The number of fused-ring (bicyclic) bond motifs is 1. The Balaban J connectivity index is 1.70. The predicted octanol–water partition coefficient (Wildman–Crippen LogP) is 2.71. The molecular weight excluding hydrogens is 292 g/mol. The van der Waals surface area contributed by atoms with E-state index in [9.17, 15) is 0 Å². The lowest BCUT2D eigenvalue weighted by Gasteiger charge is -2.13. The molecule has 0 aliphatic carbocycles. The van der Waals surface area contributed by atoms with Gasteiger partial charge in [-0.1, -0.05) is 6.07 Å². The van der Waals surface area contributed by atoms with Crippen molar-refractivity contribution >= 4 is 0 Å². The van der Waals surface area contributed by atoms with Crippen molar-refractivity contribution in [2.24, 2.45) is 0 Å². The van der Waals surface area contributed by atoms with Crippen molar-refractivity contribution in [2.45, 2.75) is 32.5 Å². The van der Waals surface area contributed by atoms with E-state index >= 15 is 0 Å². The Labute approximate surface area is 136 Å². The molecule has 0 spiro atoms. The van der Waals surface area contributed by atoms with Gasteiger partial charge in [0.05, 0.1) is 14.2 Å². The number of hydrogen-bond donors (Lipinski definition) is 1.